The predicted octanol–water partition coefficient (Wildman–Crippen LogP) is 5.59. The van der Waals surface area contributed by atoms with Gasteiger partial charge in [0.1, 0.15) is 9.88 Å². The quantitative estimate of drug-likeness (QED) is 0.577. The van der Waals surface area contributed by atoms with E-state index in [1.165, 1.54) is 19.1 Å². The number of hydrogen-bond acceptors (Lipinski definition) is 4. The Bertz CT molecular complexity index is 1040. The lowest BCUT2D eigenvalue weighted by molar-refractivity contribution is -0.137. The second-order valence-electron chi connectivity index (χ2n) is 6.10. The molecule has 0 spiro atoms. The van der Waals surface area contributed by atoms with Crippen molar-refractivity contribution < 1.29 is 22.8 Å². The molecule has 0 aliphatic carbocycles. The number of nitrogens with zero attached hydrogens (tertiary/aromatic N) is 1. The highest BCUT2D eigenvalue weighted by molar-refractivity contribution is 7.17. The van der Waals surface area contributed by atoms with Crippen molar-refractivity contribution in [3.05, 3.63) is 70.2 Å². The van der Waals surface area contributed by atoms with Crippen molar-refractivity contribution in [3.63, 3.8) is 0 Å². The third-order valence-electron chi connectivity index (χ3n) is 3.99. The molecule has 1 N–H and O–H groups in total. The molecule has 0 aliphatic heterocycles. The van der Waals surface area contributed by atoms with Crippen molar-refractivity contribution in [1.82, 2.24) is 4.98 Å². The third kappa shape index (κ3) is 4.28. The van der Waals surface area contributed by atoms with E-state index in [0.717, 1.165) is 23.5 Å². The Morgan fingerprint density at radius 3 is 2.36 bits per heavy atom. The van der Waals surface area contributed by atoms with Crippen molar-refractivity contribution in [2.45, 2.75) is 20.0 Å². The topological polar surface area (TPSA) is 59.1 Å². The molecule has 0 fully saturated rings. The van der Waals surface area contributed by atoms with Gasteiger partial charge in [0.15, 0.2) is 5.78 Å². The van der Waals surface area contributed by atoms with Crippen molar-refractivity contribution >= 4 is 28.7 Å². The molecule has 1 aromatic heterocycles. The summed E-state index contributed by atoms with van der Waals surface area (Å²) in [5.74, 6) is -0.511. The highest BCUT2D eigenvalue weighted by Crippen LogP contribution is 2.33. The van der Waals surface area contributed by atoms with Crippen LogP contribution in [0.2, 0.25) is 0 Å². The Morgan fingerprint density at radius 2 is 1.75 bits per heavy atom. The molecule has 0 aliphatic rings. The summed E-state index contributed by atoms with van der Waals surface area (Å²) in [5, 5.41) is 3.17. The van der Waals surface area contributed by atoms with E-state index >= 15 is 0 Å². The number of nitrogens with one attached hydrogen (secondary N) is 1. The monoisotopic (exact) mass is 404 g/mol. The molecule has 3 rings (SSSR count). The Hall–Kier alpha value is -3.00. The fraction of sp³-hybridized carbons (Fsp3) is 0.150. The number of amides is 1. The molecule has 0 saturated carbocycles. The van der Waals surface area contributed by atoms with Gasteiger partial charge >= 0.3 is 6.18 Å². The first-order valence-corrected chi connectivity index (χ1v) is 9.04. The van der Waals surface area contributed by atoms with E-state index in [9.17, 15) is 22.8 Å². The molecule has 2 aromatic carbocycles. The zero-order valence-corrected chi connectivity index (χ0v) is 15.7. The molecule has 8 heteroatoms. The molecule has 0 radical (unpaired) electrons. The molecule has 0 saturated heterocycles. The number of alkyl halides is 3. The molecule has 28 heavy (non-hydrogen) atoms. The van der Waals surface area contributed by atoms with Crippen LogP contribution in [0, 0.1) is 6.92 Å². The van der Waals surface area contributed by atoms with Crippen LogP contribution in [0.4, 0.5) is 18.9 Å². The first-order valence-electron chi connectivity index (χ1n) is 8.22. The lowest BCUT2D eigenvalue weighted by Crippen LogP contribution is -2.11. The van der Waals surface area contributed by atoms with E-state index in [1.807, 2.05) is 0 Å². The summed E-state index contributed by atoms with van der Waals surface area (Å²) in [6, 6.07) is 11.2. The van der Waals surface area contributed by atoms with Gasteiger partial charge in [-0.3, -0.25) is 9.59 Å². The van der Waals surface area contributed by atoms with Crippen LogP contribution in [0.25, 0.3) is 10.6 Å². The average molecular weight is 404 g/mol. The fourth-order valence-electron chi connectivity index (χ4n) is 2.54. The molecule has 0 bridgehead atoms. The Balaban J connectivity index is 1.83. The smallest absolute Gasteiger partial charge is 0.321 e. The predicted molar refractivity (Wildman–Crippen MR) is 102 cm³/mol. The average Bonchev–Trinajstić information content (AvgIpc) is 3.03. The summed E-state index contributed by atoms with van der Waals surface area (Å²) in [7, 11) is 0. The van der Waals surface area contributed by atoms with Crippen LogP contribution in [-0.4, -0.2) is 16.7 Å². The summed E-state index contributed by atoms with van der Waals surface area (Å²) >= 11 is 1.09. The van der Waals surface area contributed by atoms with Gasteiger partial charge in [0.05, 0.1) is 11.3 Å². The van der Waals surface area contributed by atoms with Crippen molar-refractivity contribution in [2.75, 3.05) is 5.32 Å². The third-order valence-corrected chi connectivity index (χ3v) is 5.19. The molecule has 3 aromatic rings. The highest BCUT2D eigenvalue weighted by Gasteiger charge is 2.30. The molecule has 0 atom stereocenters. The zero-order valence-electron chi connectivity index (χ0n) is 14.9. The summed E-state index contributed by atoms with van der Waals surface area (Å²) in [5.41, 5.74) is 1.18. The maximum atomic E-state index is 12.7. The molecule has 0 unspecified atom stereocenters. The molecule has 144 valence electrons. The van der Waals surface area contributed by atoms with Gasteiger partial charge in [-0.2, -0.15) is 13.2 Å². The summed E-state index contributed by atoms with van der Waals surface area (Å²) < 4.78 is 38.1. The SMILES string of the molecule is CC(=O)c1cccc(NC(=O)c2sc(-c3ccc(C(F)(F)F)cc3)nc2C)c1. The normalized spacial score (nSPS) is 11.3. The summed E-state index contributed by atoms with van der Waals surface area (Å²) in [6.45, 7) is 3.09. The highest BCUT2D eigenvalue weighted by atomic mass is 32.1. The van der Waals surface area contributed by atoms with Gasteiger partial charge in [-0.1, -0.05) is 24.3 Å². The first-order chi connectivity index (χ1) is 13.1. The Kier molecular flexibility index (Phi) is 5.33. The van der Waals surface area contributed by atoms with Crippen LogP contribution in [-0.2, 0) is 6.18 Å². The van der Waals surface area contributed by atoms with E-state index in [4.69, 9.17) is 0 Å². The molecular formula is C20H15F3N2O2S. The van der Waals surface area contributed by atoms with E-state index in [0.29, 0.717) is 32.4 Å². The molecule has 1 amide bonds. The minimum atomic E-state index is -4.41. The van der Waals surface area contributed by atoms with Crippen LogP contribution in [0.15, 0.2) is 48.5 Å². The number of rotatable bonds is 4. The van der Waals surface area contributed by atoms with E-state index < -0.39 is 17.6 Å². The lowest BCUT2D eigenvalue weighted by Gasteiger charge is -2.06. The number of thiazole rings is 1. The van der Waals surface area contributed by atoms with Gasteiger partial charge in [0.2, 0.25) is 0 Å². The number of hydrogen-bond donors (Lipinski definition) is 1. The van der Waals surface area contributed by atoms with Gasteiger partial charge in [-0.15, -0.1) is 11.3 Å². The van der Waals surface area contributed by atoms with Crippen LogP contribution >= 0.6 is 11.3 Å². The van der Waals surface area contributed by atoms with Crippen LogP contribution in [0.1, 0.15) is 38.2 Å². The van der Waals surface area contributed by atoms with E-state index in [-0.39, 0.29) is 5.78 Å². The summed E-state index contributed by atoms with van der Waals surface area (Å²) in [4.78, 5) is 28.7. The number of benzene rings is 2. The number of ketones is 1. The van der Waals surface area contributed by atoms with Crippen LogP contribution in [0.5, 0.6) is 0 Å². The number of carbonyl (C=O) groups excluding carboxylic acids is 2. The summed E-state index contributed by atoms with van der Waals surface area (Å²) in [6.07, 6.45) is -4.41. The van der Waals surface area contributed by atoms with Crippen molar-refractivity contribution in [3.8, 4) is 10.6 Å². The fourth-order valence-corrected chi connectivity index (χ4v) is 3.50. The van der Waals surface area contributed by atoms with Gasteiger partial charge in [0.25, 0.3) is 5.91 Å². The van der Waals surface area contributed by atoms with Gasteiger partial charge in [-0.05, 0) is 38.1 Å². The standard InChI is InChI=1S/C20H15F3N2O2S/c1-11-17(18(27)25-16-5-3-4-14(10-16)12(2)26)28-19(24-11)13-6-8-15(9-7-13)20(21,22)23/h3-10H,1-2H3,(H,25,27). The number of anilines is 1. The largest absolute Gasteiger partial charge is 0.416 e. The second-order valence-corrected chi connectivity index (χ2v) is 7.10. The first kappa shape index (κ1) is 19.8. The van der Waals surface area contributed by atoms with Gasteiger partial charge in [0, 0.05) is 16.8 Å². The molecule has 1 heterocycles. The van der Waals surface area contributed by atoms with E-state index in [1.54, 1.807) is 31.2 Å². The number of Topliss-reactive ketones (excluding diaryl/α,β-unsaturated/α-hetero) is 1. The zero-order chi connectivity index (χ0) is 20.5. The molecular weight excluding hydrogens is 389 g/mol. The van der Waals surface area contributed by atoms with Gasteiger partial charge in [-0.25, -0.2) is 4.98 Å². The van der Waals surface area contributed by atoms with Crippen molar-refractivity contribution in [1.29, 1.82) is 0 Å². The minimum Gasteiger partial charge on any atom is -0.321 e. The number of aryl methyl sites for hydroxylation is 1. The Labute approximate surface area is 163 Å². The van der Waals surface area contributed by atoms with Crippen LogP contribution in [0.3, 0.4) is 0 Å². The number of carbonyl (C=O) groups is 2. The Morgan fingerprint density at radius 1 is 1.07 bits per heavy atom. The maximum Gasteiger partial charge on any atom is 0.416 e. The number of aromatic nitrogens is 1. The van der Waals surface area contributed by atoms with Gasteiger partial charge < -0.3 is 5.32 Å². The second kappa shape index (κ2) is 7.55. The minimum absolute atomic E-state index is 0.116. The number of halogens is 3. The lowest BCUT2D eigenvalue weighted by atomic mass is 10.1. The maximum absolute atomic E-state index is 12.7. The van der Waals surface area contributed by atoms with Crippen LogP contribution < -0.4 is 5.32 Å². The van der Waals surface area contributed by atoms with Crippen molar-refractivity contribution in [2.24, 2.45) is 0 Å². The molecule has 4 nitrogen and oxygen atoms in total. The van der Waals surface area contributed by atoms with E-state index in [2.05, 4.69) is 10.3 Å².